The molecule has 0 bridgehead atoms. The molecule has 0 saturated carbocycles. The second kappa shape index (κ2) is 8.55. The van der Waals surface area contributed by atoms with Crippen LogP contribution in [0.15, 0.2) is 64.5 Å². The van der Waals surface area contributed by atoms with Gasteiger partial charge in [0.1, 0.15) is 18.1 Å². The third-order valence-corrected chi connectivity index (χ3v) is 4.11. The molecule has 0 amide bonds. The van der Waals surface area contributed by atoms with Crippen LogP contribution in [0.3, 0.4) is 0 Å². The van der Waals surface area contributed by atoms with E-state index in [1.54, 1.807) is 6.21 Å². The highest BCUT2D eigenvalue weighted by atomic mass is 16.5. The summed E-state index contributed by atoms with van der Waals surface area (Å²) in [7, 11) is 0. The number of aromatic nitrogens is 3. The molecule has 8 nitrogen and oxygen atoms in total. The Morgan fingerprint density at radius 3 is 2.45 bits per heavy atom. The van der Waals surface area contributed by atoms with Crippen LogP contribution in [0, 0.1) is 0 Å². The van der Waals surface area contributed by atoms with Crippen LogP contribution in [0.1, 0.15) is 37.6 Å². The van der Waals surface area contributed by atoms with Crippen molar-refractivity contribution in [1.29, 1.82) is 0 Å². The Hall–Kier alpha value is -3.68. The van der Waals surface area contributed by atoms with Crippen molar-refractivity contribution < 1.29 is 4.74 Å². The van der Waals surface area contributed by atoms with Crippen LogP contribution < -0.4 is 21.6 Å². The van der Waals surface area contributed by atoms with E-state index in [0.29, 0.717) is 12.3 Å². The molecule has 1 heterocycles. The van der Waals surface area contributed by atoms with E-state index < -0.39 is 11.0 Å². The minimum atomic E-state index is -0.447. The van der Waals surface area contributed by atoms with Gasteiger partial charge in [-0.3, -0.25) is 4.79 Å². The molecular weight excluding hydrogens is 368 g/mol. The Bertz CT molecular complexity index is 1040. The van der Waals surface area contributed by atoms with Crippen LogP contribution in [0.5, 0.6) is 5.75 Å². The lowest BCUT2D eigenvalue weighted by Crippen LogP contribution is -2.38. The highest BCUT2D eigenvalue weighted by Gasteiger charge is 2.22. The van der Waals surface area contributed by atoms with Crippen molar-refractivity contribution in [3.8, 4) is 5.75 Å². The monoisotopic (exact) mass is 392 g/mol. The maximum absolute atomic E-state index is 12.3. The van der Waals surface area contributed by atoms with E-state index in [9.17, 15) is 4.79 Å². The van der Waals surface area contributed by atoms with Crippen LogP contribution >= 0.6 is 0 Å². The molecule has 150 valence electrons. The molecular formula is C21H24N6O2. The van der Waals surface area contributed by atoms with Crippen LogP contribution in [0.2, 0.25) is 0 Å². The molecule has 0 fully saturated rings. The summed E-state index contributed by atoms with van der Waals surface area (Å²) in [6.45, 7) is 6.12. The van der Waals surface area contributed by atoms with Gasteiger partial charge in [-0.15, -0.1) is 10.2 Å². The van der Waals surface area contributed by atoms with Crippen LogP contribution in [-0.2, 0) is 12.0 Å². The molecule has 8 heteroatoms. The molecule has 1 aromatic heterocycles. The van der Waals surface area contributed by atoms with Gasteiger partial charge in [0.05, 0.1) is 6.21 Å². The first kappa shape index (κ1) is 20.1. The molecule has 0 aliphatic heterocycles. The van der Waals surface area contributed by atoms with Gasteiger partial charge in [-0.05, 0) is 35.4 Å². The molecule has 29 heavy (non-hydrogen) atoms. The Labute approximate surface area is 169 Å². The average molecular weight is 392 g/mol. The topological polar surface area (TPSA) is 107 Å². The zero-order valence-corrected chi connectivity index (χ0v) is 16.7. The van der Waals surface area contributed by atoms with E-state index >= 15 is 0 Å². The van der Waals surface area contributed by atoms with E-state index in [2.05, 4.69) is 20.7 Å². The lowest BCUT2D eigenvalue weighted by Gasteiger charge is -2.16. The van der Waals surface area contributed by atoms with Gasteiger partial charge in [0, 0.05) is 5.41 Å². The number of ether oxygens (including phenoxy) is 1. The molecule has 0 aliphatic rings. The molecule has 0 saturated heterocycles. The number of anilines is 1. The van der Waals surface area contributed by atoms with E-state index in [0.717, 1.165) is 21.6 Å². The maximum Gasteiger partial charge on any atom is 0.295 e. The lowest BCUT2D eigenvalue weighted by atomic mass is 9.93. The summed E-state index contributed by atoms with van der Waals surface area (Å²) in [6, 6.07) is 17.4. The molecule has 0 aliphatic carbocycles. The number of nitrogen functional groups attached to an aromatic ring is 1. The first-order valence-electron chi connectivity index (χ1n) is 9.16. The zero-order valence-electron chi connectivity index (χ0n) is 16.7. The summed E-state index contributed by atoms with van der Waals surface area (Å²) in [5, 5.41) is 12.0. The van der Waals surface area contributed by atoms with Crippen molar-refractivity contribution >= 4 is 12.2 Å². The number of rotatable bonds is 6. The second-order valence-electron chi connectivity index (χ2n) is 7.51. The summed E-state index contributed by atoms with van der Waals surface area (Å²) in [4.78, 5) is 12.3. The van der Waals surface area contributed by atoms with Crippen molar-refractivity contribution in [2.45, 2.75) is 32.8 Å². The van der Waals surface area contributed by atoms with Crippen LogP contribution in [-0.4, -0.2) is 21.1 Å². The SMILES string of the molecule is CC(C)(C)c1nnc(N/N=C/c2ccc(OCc3ccccc3)cc2)n(N)c1=O. The zero-order chi connectivity index (χ0) is 20.9. The van der Waals surface area contributed by atoms with Gasteiger partial charge in [0.15, 0.2) is 0 Å². The number of nitrogens with one attached hydrogen (secondary N) is 1. The highest BCUT2D eigenvalue weighted by molar-refractivity contribution is 5.80. The number of nitrogens with two attached hydrogens (primary N) is 1. The van der Waals surface area contributed by atoms with Crippen molar-refractivity contribution in [1.82, 2.24) is 14.9 Å². The normalized spacial score (nSPS) is 11.6. The van der Waals surface area contributed by atoms with Gasteiger partial charge >= 0.3 is 0 Å². The van der Waals surface area contributed by atoms with Gasteiger partial charge in [-0.2, -0.15) is 9.78 Å². The fourth-order valence-electron chi connectivity index (χ4n) is 2.50. The summed E-state index contributed by atoms with van der Waals surface area (Å²) in [5.74, 6) is 6.63. The minimum Gasteiger partial charge on any atom is -0.489 e. The quantitative estimate of drug-likeness (QED) is 0.379. The summed E-state index contributed by atoms with van der Waals surface area (Å²) in [5.41, 5.74) is 4.03. The Balaban J connectivity index is 1.61. The summed E-state index contributed by atoms with van der Waals surface area (Å²) < 4.78 is 6.66. The number of benzene rings is 2. The molecule has 0 unspecified atom stereocenters. The van der Waals surface area contributed by atoms with Crippen molar-refractivity contribution in [2.75, 3.05) is 11.3 Å². The third-order valence-electron chi connectivity index (χ3n) is 4.11. The molecule has 0 atom stereocenters. The largest absolute Gasteiger partial charge is 0.489 e. The fourth-order valence-corrected chi connectivity index (χ4v) is 2.50. The first-order chi connectivity index (χ1) is 13.8. The standard InChI is InChI=1S/C21H24N6O2/c1-21(2,3)18-19(28)27(22)20(26-24-18)25-23-13-15-9-11-17(12-10-15)29-14-16-7-5-4-6-8-16/h4-13H,14,22H2,1-3H3,(H,25,26)/b23-13+. The molecule has 3 rings (SSSR count). The van der Waals surface area contributed by atoms with E-state index in [1.807, 2.05) is 75.4 Å². The van der Waals surface area contributed by atoms with E-state index in [4.69, 9.17) is 10.6 Å². The summed E-state index contributed by atoms with van der Waals surface area (Å²) >= 11 is 0. The molecule has 0 radical (unpaired) electrons. The van der Waals surface area contributed by atoms with Gasteiger partial charge < -0.3 is 10.6 Å². The van der Waals surface area contributed by atoms with Crippen LogP contribution in [0.25, 0.3) is 0 Å². The predicted octanol–water partition coefficient (Wildman–Crippen LogP) is 2.67. The lowest BCUT2D eigenvalue weighted by molar-refractivity contribution is 0.306. The molecule has 0 spiro atoms. The third kappa shape index (κ3) is 5.19. The predicted molar refractivity (Wildman–Crippen MR) is 114 cm³/mol. The van der Waals surface area contributed by atoms with E-state index in [1.165, 1.54) is 0 Å². The smallest absolute Gasteiger partial charge is 0.295 e. The highest BCUT2D eigenvalue weighted by Crippen LogP contribution is 2.16. The van der Waals surface area contributed by atoms with E-state index in [-0.39, 0.29) is 5.95 Å². The second-order valence-corrected chi connectivity index (χ2v) is 7.51. The van der Waals surface area contributed by atoms with Crippen molar-refractivity contribution in [3.05, 3.63) is 81.8 Å². The molecule has 2 aromatic carbocycles. The average Bonchev–Trinajstić information content (AvgIpc) is 2.70. The van der Waals surface area contributed by atoms with Crippen molar-refractivity contribution in [2.24, 2.45) is 5.10 Å². The summed E-state index contributed by atoms with van der Waals surface area (Å²) in [6.07, 6.45) is 1.59. The number of hydrogen-bond acceptors (Lipinski definition) is 7. The van der Waals surface area contributed by atoms with Gasteiger partial charge in [0.25, 0.3) is 11.5 Å². The number of hydrogen-bond donors (Lipinski definition) is 2. The van der Waals surface area contributed by atoms with Crippen molar-refractivity contribution in [3.63, 3.8) is 0 Å². The Morgan fingerprint density at radius 2 is 1.79 bits per heavy atom. The maximum atomic E-state index is 12.3. The first-order valence-corrected chi connectivity index (χ1v) is 9.16. The molecule has 3 N–H and O–H groups in total. The minimum absolute atomic E-state index is 0.0575. The fraction of sp³-hybridized carbons (Fsp3) is 0.238. The van der Waals surface area contributed by atoms with Gasteiger partial charge in [-0.25, -0.2) is 5.43 Å². The number of hydrazone groups is 1. The van der Waals surface area contributed by atoms with Gasteiger partial charge in [-0.1, -0.05) is 51.1 Å². The van der Waals surface area contributed by atoms with Crippen LogP contribution in [0.4, 0.5) is 5.95 Å². The number of nitrogens with zero attached hydrogens (tertiary/aromatic N) is 4. The molecule has 3 aromatic rings. The Kier molecular flexibility index (Phi) is 5.92. The Morgan fingerprint density at radius 1 is 1.10 bits per heavy atom. The van der Waals surface area contributed by atoms with Gasteiger partial charge in [0.2, 0.25) is 0 Å².